The van der Waals surface area contributed by atoms with Gasteiger partial charge in [-0.15, -0.1) is 22.9 Å². The molecule has 0 bridgehead atoms. The van der Waals surface area contributed by atoms with E-state index in [1.165, 1.54) is 15.3 Å². The van der Waals surface area contributed by atoms with Gasteiger partial charge in [-0.3, -0.25) is 0 Å². The Kier molecular flexibility index (Phi) is 4.29. The average Bonchev–Trinajstić information content (AvgIpc) is 2.68. The monoisotopic (exact) mass is 328 g/mol. The van der Waals surface area contributed by atoms with Gasteiger partial charge in [-0.25, -0.2) is 0 Å². The van der Waals surface area contributed by atoms with Crippen LogP contribution >= 0.6 is 38.9 Å². The summed E-state index contributed by atoms with van der Waals surface area (Å²) in [5.74, 6) is 0.312. The summed E-state index contributed by atoms with van der Waals surface area (Å²) < 4.78 is 1.13. The number of thiophene rings is 1. The summed E-state index contributed by atoms with van der Waals surface area (Å²) in [7, 11) is 0. The van der Waals surface area contributed by atoms with Gasteiger partial charge in [0.25, 0.3) is 0 Å². The predicted molar refractivity (Wildman–Crippen MR) is 80.2 cm³/mol. The van der Waals surface area contributed by atoms with Gasteiger partial charge in [-0.2, -0.15) is 0 Å². The molecule has 1 aromatic heterocycles. The van der Waals surface area contributed by atoms with Crippen LogP contribution < -0.4 is 0 Å². The van der Waals surface area contributed by atoms with E-state index in [1.54, 1.807) is 11.3 Å². The molecule has 17 heavy (non-hydrogen) atoms. The standard InChI is InChI=1S/C14H14BrClS/c1-9-8-12(15)14(17-9)13(16)10(2)11-6-4-3-5-7-11/h3-8,10,13H,1-2H3. The third-order valence-corrected chi connectivity index (χ3v) is 5.63. The maximum Gasteiger partial charge on any atom is 0.0755 e. The first-order valence-corrected chi connectivity index (χ1v) is 7.59. The van der Waals surface area contributed by atoms with E-state index in [4.69, 9.17) is 11.6 Å². The quantitative estimate of drug-likeness (QED) is 0.615. The van der Waals surface area contributed by atoms with Gasteiger partial charge in [0, 0.05) is 20.1 Å². The summed E-state index contributed by atoms with van der Waals surface area (Å²) in [6, 6.07) is 12.6. The van der Waals surface area contributed by atoms with Gasteiger partial charge in [0.05, 0.1) is 5.38 Å². The van der Waals surface area contributed by atoms with E-state index >= 15 is 0 Å². The first-order valence-electron chi connectivity index (χ1n) is 5.54. The van der Waals surface area contributed by atoms with E-state index in [0.29, 0.717) is 5.92 Å². The van der Waals surface area contributed by atoms with Gasteiger partial charge < -0.3 is 0 Å². The maximum atomic E-state index is 6.59. The van der Waals surface area contributed by atoms with Gasteiger partial charge in [0.15, 0.2) is 0 Å². The SMILES string of the molecule is Cc1cc(Br)c(C(Cl)C(C)c2ccccc2)s1. The fraction of sp³-hybridized carbons (Fsp3) is 0.286. The topological polar surface area (TPSA) is 0 Å². The Morgan fingerprint density at radius 3 is 2.41 bits per heavy atom. The smallest absolute Gasteiger partial charge is 0.0755 e. The summed E-state index contributed by atoms with van der Waals surface area (Å²) in [5.41, 5.74) is 1.28. The van der Waals surface area contributed by atoms with E-state index in [-0.39, 0.29) is 5.38 Å². The fourth-order valence-electron chi connectivity index (χ4n) is 1.84. The Labute approximate surface area is 120 Å². The zero-order valence-electron chi connectivity index (χ0n) is 9.78. The molecule has 2 aromatic rings. The minimum atomic E-state index is 0.0190. The lowest BCUT2D eigenvalue weighted by Crippen LogP contribution is -2.01. The van der Waals surface area contributed by atoms with Crippen molar-refractivity contribution >= 4 is 38.9 Å². The summed E-state index contributed by atoms with van der Waals surface area (Å²) in [6.07, 6.45) is 0. The number of benzene rings is 1. The highest BCUT2D eigenvalue weighted by molar-refractivity contribution is 9.10. The lowest BCUT2D eigenvalue weighted by Gasteiger charge is -2.17. The van der Waals surface area contributed by atoms with Crippen molar-refractivity contribution < 1.29 is 0 Å². The largest absolute Gasteiger partial charge is 0.143 e. The van der Waals surface area contributed by atoms with Crippen LogP contribution in [0.25, 0.3) is 0 Å². The van der Waals surface area contributed by atoms with Crippen LogP contribution in [0, 0.1) is 6.92 Å². The summed E-state index contributed by atoms with van der Waals surface area (Å²) in [5, 5.41) is 0.0190. The second-order valence-corrected chi connectivity index (χ2v) is 6.78. The van der Waals surface area contributed by atoms with Crippen LogP contribution in [-0.4, -0.2) is 0 Å². The molecule has 0 amide bonds. The second kappa shape index (κ2) is 5.55. The van der Waals surface area contributed by atoms with Crippen LogP contribution in [0.2, 0.25) is 0 Å². The third kappa shape index (κ3) is 2.93. The minimum Gasteiger partial charge on any atom is -0.143 e. The molecule has 0 aliphatic carbocycles. The molecular formula is C14H14BrClS. The molecule has 0 saturated heterocycles. The van der Waals surface area contributed by atoms with Crippen molar-refractivity contribution in [1.82, 2.24) is 0 Å². The molecule has 0 aliphatic rings. The van der Waals surface area contributed by atoms with Gasteiger partial charge in [-0.05, 0) is 34.5 Å². The molecular weight excluding hydrogens is 316 g/mol. The highest BCUT2D eigenvalue weighted by Gasteiger charge is 2.22. The van der Waals surface area contributed by atoms with E-state index in [2.05, 4.69) is 60.1 Å². The van der Waals surface area contributed by atoms with Crippen molar-refractivity contribution in [2.24, 2.45) is 0 Å². The zero-order valence-corrected chi connectivity index (χ0v) is 12.9. The average molecular weight is 330 g/mol. The number of aryl methyl sites for hydroxylation is 1. The predicted octanol–water partition coefficient (Wildman–Crippen LogP) is 5.90. The zero-order chi connectivity index (χ0) is 12.4. The molecule has 0 spiro atoms. The van der Waals surface area contributed by atoms with Gasteiger partial charge >= 0.3 is 0 Å². The fourth-order valence-corrected chi connectivity index (χ4v) is 4.35. The first kappa shape index (κ1) is 13.1. The lowest BCUT2D eigenvalue weighted by atomic mass is 9.97. The number of halogens is 2. The minimum absolute atomic E-state index is 0.0190. The molecule has 1 aromatic carbocycles. The van der Waals surface area contributed by atoms with Gasteiger partial charge in [-0.1, -0.05) is 37.3 Å². The number of hydrogen-bond acceptors (Lipinski definition) is 1. The normalized spacial score (nSPS) is 14.6. The molecule has 0 fully saturated rings. The third-order valence-electron chi connectivity index (χ3n) is 2.85. The maximum absolute atomic E-state index is 6.59. The van der Waals surface area contributed by atoms with Crippen LogP contribution in [0.15, 0.2) is 40.9 Å². The molecule has 0 saturated carbocycles. The Morgan fingerprint density at radius 1 is 1.24 bits per heavy atom. The van der Waals surface area contributed by atoms with Crippen molar-refractivity contribution in [2.75, 3.05) is 0 Å². The van der Waals surface area contributed by atoms with Crippen molar-refractivity contribution in [1.29, 1.82) is 0 Å². The second-order valence-electron chi connectivity index (χ2n) is 4.17. The molecule has 3 heteroatoms. The van der Waals surface area contributed by atoms with Crippen molar-refractivity contribution in [3.8, 4) is 0 Å². The Hall–Kier alpha value is -0.310. The van der Waals surface area contributed by atoms with E-state index < -0.39 is 0 Å². The molecule has 90 valence electrons. The van der Waals surface area contributed by atoms with Crippen LogP contribution in [0.4, 0.5) is 0 Å². The molecule has 0 aliphatic heterocycles. The number of rotatable bonds is 3. The Bertz CT molecular complexity index is 492. The molecule has 0 radical (unpaired) electrons. The van der Waals surface area contributed by atoms with Gasteiger partial charge in [0.2, 0.25) is 0 Å². The first-order chi connectivity index (χ1) is 8.09. The Balaban J connectivity index is 2.26. The molecule has 1 heterocycles. The number of hydrogen-bond donors (Lipinski definition) is 0. The Morgan fingerprint density at radius 2 is 1.88 bits per heavy atom. The highest BCUT2D eigenvalue weighted by atomic mass is 79.9. The lowest BCUT2D eigenvalue weighted by molar-refractivity contribution is 0.740. The van der Waals surface area contributed by atoms with Crippen LogP contribution in [0.5, 0.6) is 0 Å². The summed E-state index contributed by atoms with van der Waals surface area (Å²) >= 11 is 11.9. The van der Waals surface area contributed by atoms with Crippen LogP contribution in [-0.2, 0) is 0 Å². The molecule has 2 atom stereocenters. The van der Waals surface area contributed by atoms with Crippen molar-refractivity contribution in [3.05, 3.63) is 56.2 Å². The van der Waals surface area contributed by atoms with E-state index in [9.17, 15) is 0 Å². The molecule has 0 nitrogen and oxygen atoms in total. The summed E-state index contributed by atoms with van der Waals surface area (Å²) in [4.78, 5) is 2.51. The van der Waals surface area contributed by atoms with E-state index in [1.807, 2.05) is 6.07 Å². The highest BCUT2D eigenvalue weighted by Crippen LogP contribution is 2.43. The van der Waals surface area contributed by atoms with Crippen molar-refractivity contribution in [3.63, 3.8) is 0 Å². The van der Waals surface area contributed by atoms with Crippen LogP contribution in [0.1, 0.15) is 33.5 Å². The van der Waals surface area contributed by atoms with E-state index in [0.717, 1.165) is 4.47 Å². The van der Waals surface area contributed by atoms with Crippen LogP contribution in [0.3, 0.4) is 0 Å². The molecule has 0 N–H and O–H groups in total. The van der Waals surface area contributed by atoms with Gasteiger partial charge in [0.1, 0.15) is 0 Å². The molecule has 2 rings (SSSR count). The number of alkyl halides is 1. The van der Waals surface area contributed by atoms with Crippen molar-refractivity contribution in [2.45, 2.75) is 25.1 Å². The molecule has 2 unspecified atom stereocenters. The summed E-state index contributed by atoms with van der Waals surface area (Å²) in [6.45, 7) is 4.28.